The van der Waals surface area contributed by atoms with Gasteiger partial charge >= 0.3 is 0 Å². The number of para-hydroxylation sites is 1. The third-order valence-corrected chi connectivity index (χ3v) is 12.2. The lowest BCUT2D eigenvalue weighted by atomic mass is 9.66. The Morgan fingerprint density at radius 3 is 2.18 bits per heavy atom. The van der Waals surface area contributed by atoms with Gasteiger partial charge in [0.2, 0.25) is 15.9 Å². The van der Waals surface area contributed by atoms with Crippen LogP contribution in [0.2, 0.25) is 0 Å². The van der Waals surface area contributed by atoms with Crippen LogP contribution >= 0.6 is 0 Å². The summed E-state index contributed by atoms with van der Waals surface area (Å²) in [6, 6.07) is 6.76. The first kappa shape index (κ1) is 33.5. The van der Waals surface area contributed by atoms with Crippen LogP contribution in [0, 0.1) is 23.7 Å². The van der Waals surface area contributed by atoms with Gasteiger partial charge in [0.05, 0.1) is 17.5 Å². The molecule has 3 N–H and O–H groups in total. The largest absolute Gasteiger partial charge is 0.369 e. The highest BCUT2D eigenvalue weighted by atomic mass is 32.2. The summed E-state index contributed by atoms with van der Waals surface area (Å²) in [7, 11) is -6.85. The first-order valence-electron chi connectivity index (χ1n) is 14.0. The van der Waals surface area contributed by atoms with Crippen LogP contribution in [0.4, 0.5) is 5.69 Å². The zero-order valence-electron chi connectivity index (χ0n) is 25.0. The number of hydrogen-bond donors (Lipinski definition) is 2. The summed E-state index contributed by atoms with van der Waals surface area (Å²) in [6.45, 7) is 16.3. The quantitative estimate of drug-likeness (QED) is 0.455. The molecular weight excluding hydrogens is 536 g/mol. The molecule has 224 valence electrons. The topological polar surface area (TPSA) is 130 Å². The number of amides is 1. The van der Waals surface area contributed by atoms with Crippen molar-refractivity contribution in [3.05, 3.63) is 29.8 Å². The van der Waals surface area contributed by atoms with Gasteiger partial charge < -0.3 is 16.0 Å². The summed E-state index contributed by atoms with van der Waals surface area (Å²) in [6.07, 6.45) is 1.77. The highest BCUT2D eigenvalue weighted by Crippen LogP contribution is 2.56. The van der Waals surface area contributed by atoms with Gasteiger partial charge in [-0.05, 0) is 42.7 Å². The molecule has 1 aliphatic heterocycles. The molecule has 39 heavy (non-hydrogen) atoms. The van der Waals surface area contributed by atoms with E-state index in [0.29, 0.717) is 32.6 Å². The molecule has 11 heteroatoms. The van der Waals surface area contributed by atoms with E-state index in [1.807, 2.05) is 32.9 Å². The lowest BCUT2D eigenvalue weighted by molar-refractivity contribution is -0.124. The van der Waals surface area contributed by atoms with Crippen LogP contribution in [-0.4, -0.2) is 83.1 Å². The van der Waals surface area contributed by atoms with Crippen LogP contribution in [-0.2, 0) is 24.7 Å². The molecule has 1 amide bonds. The molecular formula is C28H50N4O5S2. The van der Waals surface area contributed by atoms with Gasteiger partial charge in [-0.15, -0.1) is 0 Å². The number of carbonyl (C=O) groups excluding carboxylic acids is 1. The van der Waals surface area contributed by atoms with E-state index in [1.54, 1.807) is 4.31 Å². The SMILES string of the molecule is CC.Cc1ccccc1N1CCN(S(=O)(=O)CC2(C)[C@@H](NC(=O)[C@@H](N)CCS(C)(=O)=O)CC(C)C2(C)C)CC1. The number of nitrogens with one attached hydrogen (secondary N) is 1. The average Bonchev–Trinajstić information content (AvgIpc) is 3.02. The van der Waals surface area contributed by atoms with Gasteiger partial charge in [0.15, 0.2) is 0 Å². The van der Waals surface area contributed by atoms with Crippen LogP contribution in [0.1, 0.15) is 59.9 Å². The van der Waals surface area contributed by atoms with Gasteiger partial charge in [0.1, 0.15) is 9.84 Å². The molecule has 2 unspecified atom stereocenters. The maximum absolute atomic E-state index is 13.7. The maximum atomic E-state index is 13.7. The summed E-state index contributed by atoms with van der Waals surface area (Å²) < 4.78 is 52.0. The van der Waals surface area contributed by atoms with Crippen LogP contribution in [0.25, 0.3) is 0 Å². The van der Waals surface area contributed by atoms with Gasteiger partial charge in [-0.2, -0.15) is 4.31 Å². The minimum atomic E-state index is -3.61. The summed E-state index contributed by atoms with van der Waals surface area (Å²) in [5, 5.41) is 3.00. The van der Waals surface area contributed by atoms with Crippen molar-refractivity contribution in [3.8, 4) is 0 Å². The fourth-order valence-corrected chi connectivity index (χ4v) is 8.69. The minimum absolute atomic E-state index is 0.0243. The zero-order valence-corrected chi connectivity index (χ0v) is 26.7. The number of aryl methyl sites for hydroxylation is 1. The Morgan fingerprint density at radius 1 is 1.08 bits per heavy atom. The predicted octanol–water partition coefficient (Wildman–Crippen LogP) is 2.79. The second-order valence-corrected chi connectivity index (χ2v) is 16.0. The Bertz CT molecular complexity index is 1190. The fraction of sp³-hybridized carbons (Fsp3) is 0.750. The van der Waals surface area contributed by atoms with Crippen molar-refractivity contribution >= 4 is 31.5 Å². The molecule has 9 nitrogen and oxygen atoms in total. The molecule has 1 saturated heterocycles. The van der Waals surface area contributed by atoms with Gasteiger partial charge in [-0.25, -0.2) is 16.8 Å². The molecule has 0 spiro atoms. The van der Waals surface area contributed by atoms with Gasteiger partial charge in [-0.3, -0.25) is 4.79 Å². The number of nitrogens with two attached hydrogens (primary N) is 1. The van der Waals surface area contributed by atoms with E-state index in [-0.39, 0.29) is 29.3 Å². The summed E-state index contributed by atoms with van der Waals surface area (Å²) in [4.78, 5) is 15.1. The van der Waals surface area contributed by atoms with E-state index in [1.165, 1.54) is 5.56 Å². The monoisotopic (exact) mass is 586 g/mol. The second-order valence-electron chi connectivity index (χ2n) is 11.8. The van der Waals surface area contributed by atoms with Crippen LogP contribution < -0.4 is 16.0 Å². The standard InChI is InChI=1S/C26H44N4O5S2.C2H6/c1-19-9-7-8-10-22(19)29-12-14-30(15-13-29)37(34,35)18-26(5)23(17-20(2)25(26,3)4)28-24(31)21(27)11-16-36(6,32)33;1-2/h7-10,20-21,23H,11-18,27H2,1-6H3,(H,28,31);1-2H3/t20?,21-,23-,26?;/m0./s1. The molecule has 0 aromatic heterocycles. The van der Waals surface area contributed by atoms with Crippen molar-refractivity contribution in [3.63, 3.8) is 0 Å². The van der Waals surface area contributed by atoms with Crippen molar-refractivity contribution in [1.82, 2.24) is 9.62 Å². The first-order chi connectivity index (χ1) is 18.0. The molecule has 1 heterocycles. The lowest BCUT2D eigenvalue weighted by Gasteiger charge is -2.45. The summed E-state index contributed by atoms with van der Waals surface area (Å²) in [5.74, 6) is -0.517. The van der Waals surface area contributed by atoms with Gasteiger partial charge in [-0.1, -0.05) is 59.7 Å². The number of anilines is 1. The molecule has 2 aliphatic rings. The third-order valence-electron chi connectivity index (χ3n) is 9.09. The molecule has 3 rings (SSSR count). The maximum Gasteiger partial charge on any atom is 0.237 e. The zero-order chi connectivity index (χ0) is 29.8. The highest BCUT2D eigenvalue weighted by Gasteiger charge is 2.58. The van der Waals surface area contributed by atoms with Crippen LogP contribution in [0.5, 0.6) is 0 Å². The van der Waals surface area contributed by atoms with E-state index in [4.69, 9.17) is 5.73 Å². The number of sulfone groups is 1. The summed E-state index contributed by atoms with van der Waals surface area (Å²) in [5.41, 5.74) is 7.21. The fourth-order valence-electron chi connectivity index (χ4n) is 5.77. The number of carbonyl (C=O) groups is 1. The van der Waals surface area contributed by atoms with Crippen molar-refractivity contribution in [1.29, 1.82) is 0 Å². The Hall–Kier alpha value is -1.69. The van der Waals surface area contributed by atoms with Crippen molar-refractivity contribution in [2.24, 2.45) is 22.5 Å². The number of nitrogens with zero attached hydrogens (tertiary/aromatic N) is 2. The lowest BCUT2D eigenvalue weighted by Crippen LogP contribution is -2.57. The first-order valence-corrected chi connectivity index (χ1v) is 17.7. The van der Waals surface area contributed by atoms with E-state index in [9.17, 15) is 21.6 Å². The van der Waals surface area contributed by atoms with Crippen molar-refractivity contribution in [2.45, 2.75) is 73.4 Å². The van der Waals surface area contributed by atoms with Crippen molar-refractivity contribution in [2.75, 3.05) is 48.8 Å². The Kier molecular flexibility index (Phi) is 11.1. The second kappa shape index (κ2) is 12.9. The number of benzene rings is 1. The molecule has 1 aromatic carbocycles. The Labute approximate surface area is 236 Å². The average molecular weight is 587 g/mol. The van der Waals surface area contributed by atoms with Gasteiger partial charge in [0, 0.05) is 49.6 Å². The number of rotatable bonds is 9. The van der Waals surface area contributed by atoms with Crippen LogP contribution in [0.3, 0.4) is 0 Å². The highest BCUT2D eigenvalue weighted by molar-refractivity contribution is 7.90. The van der Waals surface area contributed by atoms with E-state index in [0.717, 1.165) is 11.9 Å². The molecule has 1 aromatic rings. The van der Waals surface area contributed by atoms with Crippen molar-refractivity contribution < 1.29 is 21.6 Å². The van der Waals surface area contributed by atoms with E-state index >= 15 is 0 Å². The van der Waals surface area contributed by atoms with E-state index in [2.05, 4.69) is 50.0 Å². The predicted molar refractivity (Wildman–Crippen MR) is 160 cm³/mol. The normalized spacial score (nSPS) is 26.4. The molecule has 0 bridgehead atoms. The third kappa shape index (κ3) is 7.74. The molecule has 1 saturated carbocycles. The molecule has 4 atom stereocenters. The smallest absolute Gasteiger partial charge is 0.237 e. The number of sulfonamides is 1. The number of hydrogen-bond acceptors (Lipinski definition) is 7. The van der Waals surface area contributed by atoms with E-state index < -0.39 is 43.3 Å². The molecule has 2 fully saturated rings. The Balaban J connectivity index is 0.00000260. The minimum Gasteiger partial charge on any atom is -0.369 e. The Morgan fingerprint density at radius 2 is 1.64 bits per heavy atom. The molecule has 0 radical (unpaired) electrons. The van der Waals surface area contributed by atoms with Crippen LogP contribution in [0.15, 0.2) is 24.3 Å². The van der Waals surface area contributed by atoms with Gasteiger partial charge in [0.25, 0.3) is 0 Å². The molecule has 1 aliphatic carbocycles. The summed E-state index contributed by atoms with van der Waals surface area (Å²) >= 11 is 0. The number of piperazine rings is 1.